The van der Waals surface area contributed by atoms with Crippen molar-refractivity contribution in [1.82, 2.24) is 9.21 Å². The van der Waals surface area contributed by atoms with Gasteiger partial charge in [-0.2, -0.15) is 4.31 Å². The maximum Gasteiger partial charge on any atom is 0.332 e. The van der Waals surface area contributed by atoms with E-state index < -0.39 is 39.9 Å². The van der Waals surface area contributed by atoms with Gasteiger partial charge in [0.1, 0.15) is 11.9 Å². The van der Waals surface area contributed by atoms with Crippen molar-refractivity contribution in [2.45, 2.75) is 25.0 Å². The largest absolute Gasteiger partial charge is 0.332 e. The minimum absolute atomic E-state index is 0.0879. The van der Waals surface area contributed by atoms with Crippen molar-refractivity contribution in [1.29, 1.82) is 0 Å². The van der Waals surface area contributed by atoms with Crippen molar-refractivity contribution in [3.63, 3.8) is 0 Å². The van der Waals surface area contributed by atoms with Crippen LogP contribution in [0.15, 0.2) is 41.8 Å². The number of urea groups is 1. The molecule has 0 aliphatic carbocycles. The Kier molecular flexibility index (Phi) is 4.72. The number of hydrogen-bond donors (Lipinski definition) is 0. The minimum atomic E-state index is -3.65. The average Bonchev–Trinajstić information content (AvgIpc) is 3.28. The van der Waals surface area contributed by atoms with Crippen LogP contribution in [0.5, 0.6) is 0 Å². The minimum Gasteiger partial charge on any atom is -0.314 e. The zero-order valence-corrected chi connectivity index (χ0v) is 16.6. The number of fused-ring (bicyclic) bond motifs is 1. The predicted octanol–water partition coefficient (Wildman–Crippen LogP) is 2.26. The molecule has 7 nitrogen and oxygen atoms in total. The van der Waals surface area contributed by atoms with Crippen molar-refractivity contribution >= 4 is 39.0 Å². The highest BCUT2D eigenvalue weighted by molar-refractivity contribution is 7.88. The molecule has 0 saturated carbocycles. The number of carbonyl (C=O) groups is 2. The van der Waals surface area contributed by atoms with Crippen LogP contribution >= 0.6 is 11.3 Å². The number of thiophene rings is 1. The Morgan fingerprint density at radius 2 is 2.00 bits per heavy atom. The summed E-state index contributed by atoms with van der Waals surface area (Å²) in [4.78, 5) is 29.7. The molecule has 0 bridgehead atoms. The Hall–Kier alpha value is -2.30. The summed E-state index contributed by atoms with van der Waals surface area (Å²) >= 11 is 1.47. The van der Waals surface area contributed by atoms with E-state index in [0.717, 1.165) is 26.4 Å². The monoisotopic (exact) mass is 423 g/mol. The molecule has 1 aromatic heterocycles. The van der Waals surface area contributed by atoms with Crippen LogP contribution in [0.2, 0.25) is 0 Å². The highest BCUT2D eigenvalue weighted by Crippen LogP contribution is 2.35. The summed E-state index contributed by atoms with van der Waals surface area (Å²) in [6.45, 7) is 0.416. The SMILES string of the molecule is CS(=O)(=O)N1CC[C@@H]2[C@H]1C(=O)N(c1cccc(F)c1)C(=O)N2Cc1cccs1. The van der Waals surface area contributed by atoms with Crippen LogP contribution in [0.4, 0.5) is 14.9 Å². The topological polar surface area (TPSA) is 78.0 Å². The second-order valence-electron chi connectivity index (χ2n) is 6.82. The van der Waals surface area contributed by atoms with Gasteiger partial charge in [-0.05, 0) is 36.1 Å². The number of imide groups is 1. The van der Waals surface area contributed by atoms with Crippen LogP contribution in [0.1, 0.15) is 11.3 Å². The number of anilines is 1. The van der Waals surface area contributed by atoms with E-state index in [0.29, 0.717) is 6.42 Å². The molecule has 2 aliphatic rings. The summed E-state index contributed by atoms with van der Waals surface area (Å²) in [6, 6.07) is 6.77. The van der Waals surface area contributed by atoms with E-state index in [9.17, 15) is 22.4 Å². The lowest BCUT2D eigenvalue weighted by atomic mass is 10.0. The first-order chi connectivity index (χ1) is 13.3. The summed E-state index contributed by atoms with van der Waals surface area (Å²) in [5, 5.41) is 1.88. The van der Waals surface area contributed by atoms with Gasteiger partial charge in [-0.15, -0.1) is 11.3 Å². The Labute approximate surface area is 166 Å². The van der Waals surface area contributed by atoms with Gasteiger partial charge in [0.15, 0.2) is 0 Å². The third-order valence-electron chi connectivity index (χ3n) is 5.03. The number of benzene rings is 1. The van der Waals surface area contributed by atoms with Gasteiger partial charge < -0.3 is 4.90 Å². The van der Waals surface area contributed by atoms with E-state index in [2.05, 4.69) is 0 Å². The van der Waals surface area contributed by atoms with Crippen molar-refractivity contribution < 1.29 is 22.4 Å². The first-order valence-electron chi connectivity index (χ1n) is 8.67. The van der Waals surface area contributed by atoms with Crippen molar-refractivity contribution in [2.24, 2.45) is 0 Å². The molecule has 0 N–H and O–H groups in total. The number of sulfonamides is 1. The molecule has 2 aromatic rings. The number of amides is 3. The van der Waals surface area contributed by atoms with Crippen LogP contribution in [0.3, 0.4) is 0 Å². The molecule has 1 aromatic carbocycles. The molecule has 0 spiro atoms. The molecule has 2 saturated heterocycles. The molecule has 0 radical (unpaired) electrons. The smallest absolute Gasteiger partial charge is 0.314 e. The first-order valence-corrected chi connectivity index (χ1v) is 11.4. The molecule has 2 fully saturated rings. The molecule has 28 heavy (non-hydrogen) atoms. The highest BCUT2D eigenvalue weighted by Gasteiger charge is 2.54. The molecule has 4 rings (SSSR count). The fourth-order valence-corrected chi connectivity index (χ4v) is 5.62. The van der Waals surface area contributed by atoms with E-state index in [1.54, 1.807) is 0 Å². The molecule has 2 atom stereocenters. The summed E-state index contributed by atoms with van der Waals surface area (Å²) in [5.74, 6) is -1.23. The first kappa shape index (κ1) is 19.0. The number of nitrogens with zero attached hydrogens (tertiary/aromatic N) is 3. The van der Waals surface area contributed by atoms with Gasteiger partial charge in [0, 0.05) is 11.4 Å². The van der Waals surface area contributed by atoms with Gasteiger partial charge in [0.25, 0.3) is 5.91 Å². The van der Waals surface area contributed by atoms with E-state index in [1.807, 2.05) is 17.5 Å². The second-order valence-corrected chi connectivity index (χ2v) is 9.79. The number of rotatable bonds is 4. The fourth-order valence-electron chi connectivity index (χ4n) is 3.84. The summed E-state index contributed by atoms with van der Waals surface area (Å²) in [5.41, 5.74) is 0.0879. The van der Waals surface area contributed by atoms with E-state index in [4.69, 9.17) is 0 Å². The molecule has 0 unspecified atom stereocenters. The Morgan fingerprint density at radius 1 is 1.21 bits per heavy atom. The lowest BCUT2D eigenvalue weighted by molar-refractivity contribution is -0.123. The summed E-state index contributed by atoms with van der Waals surface area (Å²) in [7, 11) is -3.65. The molecule has 10 heteroatoms. The predicted molar refractivity (Wildman–Crippen MR) is 103 cm³/mol. The van der Waals surface area contributed by atoms with E-state index in [-0.39, 0.29) is 18.8 Å². The third kappa shape index (κ3) is 3.21. The molecular weight excluding hydrogens is 405 g/mol. The Balaban J connectivity index is 1.79. The second kappa shape index (κ2) is 6.94. The quantitative estimate of drug-likeness (QED) is 0.756. The third-order valence-corrected chi connectivity index (χ3v) is 7.15. The Bertz CT molecular complexity index is 1030. The number of carbonyl (C=O) groups excluding carboxylic acids is 2. The van der Waals surface area contributed by atoms with Gasteiger partial charge >= 0.3 is 6.03 Å². The molecular formula is C18H18FN3O4S2. The molecule has 148 valence electrons. The highest BCUT2D eigenvalue weighted by atomic mass is 32.2. The van der Waals surface area contributed by atoms with Crippen LogP contribution in [0.25, 0.3) is 0 Å². The summed E-state index contributed by atoms with van der Waals surface area (Å²) < 4.78 is 39.3. The van der Waals surface area contributed by atoms with Gasteiger partial charge in [-0.1, -0.05) is 12.1 Å². The number of hydrogen-bond acceptors (Lipinski definition) is 5. The maximum atomic E-state index is 13.7. The van der Waals surface area contributed by atoms with Gasteiger partial charge in [0.05, 0.1) is 24.5 Å². The van der Waals surface area contributed by atoms with Crippen LogP contribution in [-0.4, -0.2) is 54.4 Å². The molecule has 2 aliphatic heterocycles. The van der Waals surface area contributed by atoms with Gasteiger partial charge in [-0.25, -0.2) is 22.5 Å². The van der Waals surface area contributed by atoms with E-state index >= 15 is 0 Å². The lowest BCUT2D eigenvalue weighted by Crippen LogP contribution is -2.65. The van der Waals surface area contributed by atoms with Crippen LogP contribution in [-0.2, 0) is 21.4 Å². The summed E-state index contributed by atoms with van der Waals surface area (Å²) in [6.07, 6.45) is 1.42. The van der Waals surface area contributed by atoms with Gasteiger partial charge in [-0.3, -0.25) is 4.79 Å². The van der Waals surface area contributed by atoms with Gasteiger partial charge in [0.2, 0.25) is 10.0 Å². The number of halogens is 1. The van der Waals surface area contributed by atoms with Crippen LogP contribution in [0, 0.1) is 5.82 Å². The van der Waals surface area contributed by atoms with Crippen molar-refractivity contribution in [3.05, 3.63) is 52.5 Å². The normalized spacial score (nSPS) is 23.4. The zero-order valence-electron chi connectivity index (χ0n) is 15.0. The standard InChI is InChI=1S/C18H18FN3O4S2/c1-28(25,26)21-8-7-15-16(21)17(23)22(13-5-2-4-12(19)10-13)18(24)20(15)11-14-6-3-9-27-14/h2-6,9-10,15-16H,7-8,11H2,1H3/t15-,16+/m1/s1. The van der Waals surface area contributed by atoms with E-state index in [1.165, 1.54) is 34.4 Å². The van der Waals surface area contributed by atoms with Crippen LogP contribution < -0.4 is 4.90 Å². The average molecular weight is 423 g/mol. The lowest BCUT2D eigenvalue weighted by Gasteiger charge is -2.43. The van der Waals surface area contributed by atoms with Crippen molar-refractivity contribution in [2.75, 3.05) is 17.7 Å². The fraction of sp³-hybridized carbons (Fsp3) is 0.333. The molecule has 3 amide bonds. The van der Waals surface area contributed by atoms with Crippen molar-refractivity contribution in [3.8, 4) is 0 Å². The molecule has 3 heterocycles. The Morgan fingerprint density at radius 3 is 2.64 bits per heavy atom. The maximum absolute atomic E-state index is 13.7. The zero-order chi connectivity index (χ0) is 20.1.